The zero-order valence-corrected chi connectivity index (χ0v) is 18.3. The van der Waals surface area contributed by atoms with Crippen LogP contribution in [-0.4, -0.2) is 38.3 Å². The molecule has 0 unspecified atom stereocenters. The van der Waals surface area contributed by atoms with Crippen LogP contribution in [0.3, 0.4) is 0 Å². The molecule has 0 spiro atoms. The molecule has 2 aromatic carbocycles. The molecule has 1 heterocycles. The van der Waals surface area contributed by atoms with E-state index in [1.54, 1.807) is 31.2 Å². The van der Waals surface area contributed by atoms with E-state index in [2.05, 4.69) is 5.32 Å². The van der Waals surface area contributed by atoms with Gasteiger partial charge in [0.05, 0.1) is 14.9 Å². The number of hydrogen-bond acceptors (Lipinski definition) is 4. The lowest BCUT2D eigenvalue weighted by Gasteiger charge is -2.26. The molecule has 1 N–H and O–H groups in total. The molecule has 9 heteroatoms. The third-order valence-electron chi connectivity index (χ3n) is 4.70. The molecule has 1 aliphatic heterocycles. The van der Waals surface area contributed by atoms with Gasteiger partial charge >= 0.3 is 0 Å². The number of rotatable bonds is 6. The summed E-state index contributed by atoms with van der Waals surface area (Å²) in [5.74, 6) is -0.000563. The minimum absolute atomic E-state index is 0.172. The summed E-state index contributed by atoms with van der Waals surface area (Å²) in [5, 5.41) is 3.44. The third kappa shape index (κ3) is 5.42. The molecule has 0 atom stereocenters. The van der Waals surface area contributed by atoms with E-state index in [9.17, 15) is 13.2 Å². The Morgan fingerprint density at radius 3 is 2.48 bits per heavy atom. The zero-order chi connectivity index (χ0) is 21.0. The van der Waals surface area contributed by atoms with Gasteiger partial charge in [-0.05, 0) is 49.6 Å². The number of ether oxygens (including phenoxy) is 1. The molecule has 2 aromatic rings. The van der Waals surface area contributed by atoms with Crippen molar-refractivity contribution in [3.05, 3.63) is 52.0 Å². The number of hydrogen-bond donors (Lipinski definition) is 1. The second kappa shape index (κ2) is 9.34. The first-order valence-electron chi connectivity index (χ1n) is 9.26. The van der Waals surface area contributed by atoms with Gasteiger partial charge in [-0.1, -0.05) is 35.7 Å². The normalized spacial score (nSPS) is 15.1. The number of nitrogens with zero attached hydrogens (tertiary/aromatic N) is 1. The summed E-state index contributed by atoms with van der Waals surface area (Å²) in [4.78, 5) is 12.5. The van der Waals surface area contributed by atoms with Crippen molar-refractivity contribution in [1.82, 2.24) is 4.31 Å². The fraction of sp³-hybridized carbons (Fsp3) is 0.350. The highest BCUT2D eigenvalue weighted by atomic mass is 35.5. The molecule has 0 aliphatic carbocycles. The fourth-order valence-corrected chi connectivity index (χ4v) is 4.88. The zero-order valence-electron chi connectivity index (χ0n) is 16.0. The Bertz CT molecular complexity index is 1010. The van der Waals surface area contributed by atoms with Gasteiger partial charge in [0.25, 0.3) is 5.91 Å². The van der Waals surface area contributed by atoms with Crippen LogP contribution in [0.15, 0.2) is 41.3 Å². The molecule has 156 valence electrons. The highest BCUT2D eigenvalue weighted by Crippen LogP contribution is 2.27. The number of carbonyl (C=O) groups is 1. The van der Waals surface area contributed by atoms with Crippen molar-refractivity contribution in [3.63, 3.8) is 0 Å². The van der Waals surface area contributed by atoms with Crippen LogP contribution in [0.1, 0.15) is 24.8 Å². The molecule has 1 aliphatic rings. The highest BCUT2D eigenvalue weighted by Gasteiger charge is 2.26. The smallest absolute Gasteiger partial charge is 0.262 e. The van der Waals surface area contributed by atoms with Crippen LogP contribution >= 0.6 is 23.2 Å². The Kier molecular flexibility index (Phi) is 7.05. The van der Waals surface area contributed by atoms with Crippen molar-refractivity contribution in [2.45, 2.75) is 31.1 Å². The molecular weight excluding hydrogens is 435 g/mol. The van der Waals surface area contributed by atoms with Crippen LogP contribution < -0.4 is 10.1 Å². The number of sulfonamides is 1. The summed E-state index contributed by atoms with van der Waals surface area (Å²) in [6.07, 6.45) is 2.77. The number of nitrogens with one attached hydrogen (secondary N) is 1. The molecule has 0 saturated carbocycles. The fourth-order valence-electron chi connectivity index (χ4n) is 3.05. The summed E-state index contributed by atoms with van der Waals surface area (Å²) in [6.45, 7) is 2.60. The van der Waals surface area contributed by atoms with E-state index in [4.69, 9.17) is 27.9 Å². The summed E-state index contributed by atoms with van der Waals surface area (Å²) in [5.41, 5.74) is 1.19. The van der Waals surface area contributed by atoms with Crippen molar-refractivity contribution in [1.29, 1.82) is 0 Å². The van der Waals surface area contributed by atoms with Crippen LogP contribution in [-0.2, 0) is 14.8 Å². The van der Waals surface area contributed by atoms with E-state index >= 15 is 0 Å². The maximum absolute atomic E-state index is 12.9. The number of anilines is 1. The molecule has 6 nitrogen and oxygen atoms in total. The van der Waals surface area contributed by atoms with Gasteiger partial charge in [0.15, 0.2) is 6.61 Å². The predicted molar refractivity (Wildman–Crippen MR) is 114 cm³/mol. The summed E-state index contributed by atoms with van der Waals surface area (Å²) < 4.78 is 32.7. The van der Waals surface area contributed by atoms with E-state index < -0.39 is 15.9 Å². The van der Waals surface area contributed by atoms with Gasteiger partial charge in [-0.25, -0.2) is 8.42 Å². The average molecular weight is 457 g/mol. The van der Waals surface area contributed by atoms with Crippen molar-refractivity contribution >= 4 is 44.8 Å². The van der Waals surface area contributed by atoms with Gasteiger partial charge in [0.1, 0.15) is 5.75 Å². The number of aryl methyl sites for hydroxylation is 1. The van der Waals surface area contributed by atoms with Gasteiger partial charge in [-0.3, -0.25) is 4.79 Å². The first kappa shape index (κ1) is 21.9. The van der Waals surface area contributed by atoms with E-state index in [1.807, 2.05) is 0 Å². The van der Waals surface area contributed by atoms with Crippen LogP contribution in [0.25, 0.3) is 0 Å². The van der Waals surface area contributed by atoms with Crippen molar-refractivity contribution in [3.8, 4) is 5.75 Å². The van der Waals surface area contributed by atoms with Crippen LogP contribution in [0, 0.1) is 6.92 Å². The first-order valence-corrected chi connectivity index (χ1v) is 11.5. The monoisotopic (exact) mass is 456 g/mol. The second-order valence-electron chi connectivity index (χ2n) is 6.85. The van der Waals surface area contributed by atoms with Crippen LogP contribution in [0.4, 0.5) is 5.69 Å². The lowest BCUT2D eigenvalue weighted by Crippen LogP contribution is -2.35. The maximum atomic E-state index is 12.9. The molecular formula is C20H22Cl2N2O4S. The Morgan fingerprint density at radius 2 is 1.79 bits per heavy atom. The quantitative estimate of drug-likeness (QED) is 0.694. The number of amides is 1. The Hall–Kier alpha value is -1.80. The summed E-state index contributed by atoms with van der Waals surface area (Å²) >= 11 is 11.8. The lowest BCUT2D eigenvalue weighted by atomic mass is 10.2. The number of piperidine rings is 1. The molecule has 0 radical (unpaired) electrons. The molecule has 29 heavy (non-hydrogen) atoms. The second-order valence-corrected chi connectivity index (χ2v) is 9.61. The van der Waals surface area contributed by atoms with E-state index in [0.29, 0.717) is 34.6 Å². The number of carbonyl (C=O) groups excluding carboxylic acids is 1. The number of halogens is 2. The lowest BCUT2D eigenvalue weighted by molar-refractivity contribution is -0.118. The van der Waals surface area contributed by atoms with Gasteiger partial charge in [-0.2, -0.15) is 4.31 Å². The largest absolute Gasteiger partial charge is 0.484 e. The number of benzene rings is 2. The van der Waals surface area contributed by atoms with Crippen LogP contribution in [0.2, 0.25) is 10.0 Å². The van der Waals surface area contributed by atoms with Crippen molar-refractivity contribution in [2.24, 2.45) is 0 Å². The minimum Gasteiger partial charge on any atom is -0.484 e. The average Bonchev–Trinajstić information content (AvgIpc) is 2.71. The van der Waals surface area contributed by atoms with E-state index in [-0.39, 0.29) is 11.5 Å². The third-order valence-corrected chi connectivity index (χ3v) is 7.33. The molecule has 3 rings (SSSR count). The van der Waals surface area contributed by atoms with Gasteiger partial charge in [-0.15, -0.1) is 0 Å². The van der Waals surface area contributed by atoms with Gasteiger partial charge in [0, 0.05) is 24.8 Å². The first-order chi connectivity index (χ1) is 13.8. The van der Waals surface area contributed by atoms with E-state index in [0.717, 1.165) is 24.8 Å². The SMILES string of the molecule is Cc1ccc(S(=O)(=O)N2CCCCC2)cc1NC(=O)COc1ccc(Cl)c(Cl)c1. The van der Waals surface area contributed by atoms with Crippen molar-refractivity contribution < 1.29 is 17.9 Å². The predicted octanol–water partition coefficient (Wildman–Crippen LogP) is 4.49. The van der Waals surface area contributed by atoms with Crippen LogP contribution in [0.5, 0.6) is 5.75 Å². The molecule has 1 saturated heterocycles. The Balaban J connectivity index is 1.69. The molecule has 0 aromatic heterocycles. The highest BCUT2D eigenvalue weighted by molar-refractivity contribution is 7.89. The Morgan fingerprint density at radius 1 is 1.07 bits per heavy atom. The maximum Gasteiger partial charge on any atom is 0.262 e. The topological polar surface area (TPSA) is 75.7 Å². The summed E-state index contributed by atoms with van der Waals surface area (Å²) in [6, 6.07) is 9.47. The van der Waals surface area contributed by atoms with Gasteiger partial charge < -0.3 is 10.1 Å². The standard InChI is InChI=1S/C20H22Cl2N2O4S/c1-14-5-7-16(29(26,27)24-9-3-2-4-10-24)12-19(14)23-20(25)13-28-15-6-8-17(21)18(22)11-15/h5-8,11-12H,2-4,9-10,13H2,1H3,(H,23,25). The van der Waals surface area contributed by atoms with E-state index in [1.165, 1.54) is 16.4 Å². The Labute approximate surface area is 180 Å². The van der Waals surface area contributed by atoms with Gasteiger partial charge in [0.2, 0.25) is 10.0 Å². The molecule has 1 amide bonds. The molecule has 0 bridgehead atoms. The van der Waals surface area contributed by atoms with Crippen molar-refractivity contribution in [2.75, 3.05) is 25.0 Å². The summed E-state index contributed by atoms with van der Waals surface area (Å²) in [7, 11) is -3.58. The molecule has 1 fully saturated rings. The minimum atomic E-state index is -3.58.